The molecule has 16 heavy (non-hydrogen) atoms. The lowest BCUT2D eigenvalue weighted by Gasteiger charge is -2.39. The zero-order chi connectivity index (χ0) is 11.2. The van der Waals surface area contributed by atoms with Crippen molar-refractivity contribution in [2.24, 2.45) is 5.92 Å². The number of nitrogens with zero attached hydrogens (tertiary/aromatic N) is 1. The third-order valence-electron chi connectivity index (χ3n) is 4.46. The van der Waals surface area contributed by atoms with E-state index in [4.69, 9.17) is 4.74 Å². The molecule has 3 fully saturated rings. The van der Waals surface area contributed by atoms with Gasteiger partial charge < -0.3 is 10.1 Å². The number of morpholine rings is 1. The Bertz CT molecular complexity index is 267. The molecule has 3 unspecified atom stereocenters. The first-order valence-electron chi connectivity index (χ1n) is 6.73. The normalized spacial score (nSPS) is 42.8. The fourth-order valence-corrected chi connectivity index (χ4v) is 3.70. The maximum Gasteiger partial charge on any atom is 0.0718 e. The van der Waals surface area contributed by atoms with Crippen LogP contribution in [0.25, 0.3) is 0 Å². The highest BCUT2D eigenvalue weighted by molar-refractivity contribution is 4.94. The smallest absolute Gasteiger partial charge is 0.0718 e. The second kappa shape index (κ2) is 3.97. The third-order valence-corrected chi connectivity index (χ3v) is 4.46. The molecule has 3 heteroatoms. The van der Waals surface area contributed by atoms with Crippen LogP contribution in [0.4, 0.5) is 0 Å². The van der Waals surface area contributed by atoms with E-state index in [1.54, 1.807) is 0 Å². The molecule has 92 valence electrons. The summed E-state index contributed by atoms with van der Waals surface area (Å²) < 4.78 is 5.66. The average molecular weight is 224 g/mol. The third kappa shape index (κ3) is 2.13. The van der Waals surface area contributed by atoms with Gasteiger partial charge in [-0.3, -0.25) is 4.90 Å². The molecular formula is C13H24N2O. The summed E-state index contributed by atoms with van der Waals surface area (Å²) in [4.78, 5) is 2.68. The predicted octanol–water partition coefficient (Wildman–Crippen LogP) is 1.24. The van der Waals surface area contributed by atoms with Crippen molar-refractivity contribution < 1.29 is 4.74 Å². The molecule has 1 N–H and O–H groups in total. The van der Waals surface area contributed by atoms with E-state index in [-0.39, 0.29) is 0 Å². The van der Waals surface area contributed by atoms with Gasteiger partial charge in [0.1, 0.15) is 0 Å². The first-order chi connectivity index (χ1) is 7.62. The highest BCUT2D eigenvalue weighted by Crippen LogP contribution is 2.31. The van der Waals surface area contributed by atoms with E-state index in [9.17, 15) is 0 Å². The summed E-state index contributed by atoms with van der Waals surface area (Å²) in [6, 6.07) is 0.739. The Morgan fingerprint density at radius 3 is 2.94 bits per heavy atom. The van der Waals surface area contributed by atoms with Crippen molar-refractivity contribution in [2.75, 3.05) is 26.2 Å². The molecule has 0 aromatic rings. The molecule has 3 nitrogen and oxygen atoms in total. The summed E-state index contributed by atoms with van der Waals surface area (Å²) in [5, 5.41) is 3.60. The molecule has 3 heterocycles. The predicted molar refractivity (Wildman–Crippen MR) is 64.5 cm³/mol. The van der Waals surface area contributed by atoms with E-state index in [1.165, 1.54) is 38.9 Å². The molecule has 0 saturated carbocycles. The number of nitrogens with one attached hydrogen (secondary N) is 1. The summed E-state index contributed by atoms with van der Waals surface area (Å²) in [7, 11) is 0. The van der Waals surface area contributed by atoms with Crippen LogP contribution in [0.3, 0.4) is 0 Å². The van der Waals surface area contributed by atoms with Crippen molar-refractivity contribution in [3.05, 3.63) is 0 Å². The lowest BCUT2D eigenvalue weighted by atomic mass is 9.84. The van der Waals surface area contributed by atoms with Crippen LogP contribution < -0.4 is 5.32 Å². The summed E-state index contributed by atoms with van der Waals surface area (Å²) in [6.45, 7) is 9.33. The topological polar surface area (TPSA) is 24.5 Å². The Balaban J connectivity index is 1.55. The average Bonchev–Trinajstić information content (AvgIpc) is 2.77. The van der Waals surface area contributed by atoms with Gasteiger partial charge in [-0.1, -0.05) is 0 Å². The van der Waals surface area contributed by atoms with Crippen LogP contribution >= 0.6 is 0 Å². The van der Waals surface area contributed by atoms with E-state index in [2.05, 4.69) is 24.1 Å². The molecule has 2 bridgehead atoms. The molecule has 3 saturated heterocycles. The number of ether oxygens (including phenoxy) is 1. The van der Waals surface area contributed by atoms with Crippen LogP contribution in [-0.2, 0) is 4.74 Å². The van der Waals surface area contributed by atoms with Crippen LogP contribution in [0.1, 0.15) is 33.1 Å². The summed E-state index contributed by atoms with van der Waals surface area (Å²) >= 11 is 0. The summed E-state index contributed by atoms with van der Waals surface area (Å²) in [5.41, 5.74) is 0.345. The molecule has 3 rings (SSSR count). The minimum absolute atomic E-state index is 0.345. The maximum absolute atomic E-state index is 5.66. The zero-order valence-corrected chi connectivity index (χ0v) is 10.5. The number of fused-ring (bicyclic) bond motifs is 2. The summed E-state index contributed by atoms with van der Waals surface area (Å²) in [5.74, 6) is 0.885. The highest BCUT2D eigenvalue weighted by atomic mass is 16.5. The molecule has 0 aromatic carbocycles. The van der Waals surface area contributed by atoms with Gasteiger partial charge in [0.25, 0.3) is 0 Å². The molecule has 3 aliphatic rings. The standard InChI is InChI=1S/C13H24N2O/c1-13(2)6-10(3-4-14-13)7-15-8-12-5-11(15)9-16-12/h10-12,14H,3-9H2,1-2H3. The molecule has 0 amide bonds. The first kappa shape index (κ1) is 11.0. The Hall–Kier alpha value is -0.120. The van der Waals surface area contributed by atoms with Gasteiger partial charge >= 0.3 is 0 Å². The van der Waals surface area contributed by atoms with Crippen molar-refractivity contribution >= 4 is 0 Å². The van der Waals surface area contributed by atoms with Gasteiger partial charge in [0.15, 0.2) is 0 Å². The van der Waals surface area contributed by atoms with Crippen molar-refractivity contribution in [3.8, 4) is 0 Å². The van der Waals surface area contributed by atoms with E-state index in [1.807, 2.05) is 0 Å². The van der Waals surface area contributed by atoms with Gasteiger partial charge in [-0.15, -0.1) is 0 Å². The fraction of sp³-hybridized carbons (Fsp3) is 1.00. The second-order valence-electron chi connectivity index (χ2n) is 6.47. The molecule has 3 atom stereocenters. The van der Waals surface area contributed by atoms with Crippen LogP contribution in [-0.4, -0.2) is 48.8 Å². The highest BCUT2D eigenvalue weighted by Gasteiger charge is 2.40. The SMILES string of the molecule is CC1(C)CC(CN2CC3CC2CO3)CCN1. The van der Waals surface area contributed by atoms with Crippen LogP contribution in [0.5, 0.6) is 0 Å². The first-order valence-corrected chi connectivity index (χ1v) is 6.73. The van der Waals surface area contributed by atoms with Crippen molar-refractivity contribution in [3.63, 3.8) is 0 Å². The van der Waals surface area contributed by atoms with Gasteiger partial charge in [0, 0.05) is 24.7 Å². The lowest BCUT2D eigenvalue weighted by Crippen LogP contribution is -2.49. The molecule has 0 aromatic heterocycles. The fourth-order valence-electron chi connectivity index (χ4n) is 3.70. The molecule has 0 spiro atoms. The Labute approximate surface area is 98.5 Å². The Kier molecular flexibility index (Phi) is 2.73. The van der Waals surface area contributed by atoms with Crippen LogP contribution in [0.15, 0.2) is 0 Å². The van der Waals surface area contributed by atoms with Crippen molar-refractivity contribution in [1.29, 1.82) is 0 Å². The molecular weight excluding hydrogens is 200 g/mol. The molecule has 3 aliphatic heterocycles. The van der Waals surface area contributed by atoms with E-state index < -0.39 is 0 Å². The van der Waals surface area contributed by atoms with Crippen molar-refractivity contribution in [1.82, 2.24) is 10.2 Å². The van der Waals surface area contributed by atoms with E-state index in [0.29, 0.717) is 11.6 Å². The van der Waals surface area contributed by atoms with Gasteiger partial charge in [-0.2, -0.15) is 0 Å². The molecule has 0 radical (unpaired) electrons. The lowest BCUT2D eigenvalue weighted by molar-refractivity contribution is 0.0193. The Morgan fingerprint density at radius 2 is 2.31 bits per heavy atom. The van der Waals surface area contributed by atoms with Gasteiger partial charge in [-0.05, 0) is 45.6 Å². The number of rotatable bonds is 2. The number of hydrogen-bond acceptors (Lipinski definition) is 3. The van der Waals surface area contributed by atoms with E-state index in [0.717, 1.165) is 18.6 Å². The minimum Gasteiger partial charge on any atom is -0.375 e. The zero-order valence-electron chi connectivity index (χ0n) is 10.5. The van der Waals surface area contributed by atoms with Crippen molar-refractivity contribution in [2.45, 2.75) is 50.8 Å². The second-order valence-corrected chi connectivity index (χ2v) is 6.47. The van der Waals surface area contributed by atoms with Gasteiger partial charge in [-0.25, -0.2) is 0 Å². The number of piperidine rings is 1. The maximum atomic E-state index is 5.66. The van der Waals surface area contributed by atoms with Gasteiger partial charge in [0.2, 0.25) is 0 Å². The monoisotopic (exact) mass is 224 g/mol. The largest absolute Gasteiger partial charge is 0.375 e. The number of hydrogen-bond donors (Lipinski definition) is 1. The summed E-state index contributed by atoms with van der Waals surface area (Å²) in [6.07, 6.45) is 4.51. The quantitative estimate of drug-likeness (QED) is 0.764. The van der Waals surface area contributed by atoms with E-state index >= 15 is 0 Å². The minimum atomic E-state index is 0.345. The van der Waals surface area contributed by atoms with Crippen LogP contribution in [0.2, 0.25) is 0 Å². The van der Waals surface area contributed by atoms with Gasteiger partial charge in [0.05, 0.1) is 12.7 Å². The number of likely N-dealkylation sites (tertiary alicyclic amines) is 1. The van der Waals surface area contributed by atoms with Crippen LogP contribution in [0, 0.1) is 5.92 Å². The Morgan fingerprint density at radius 1 is 1.44 bits per heavy atom. The molecule has 0 aliphatic carbocycles.